The molecular weight excluding hydrogens is 396 g/mol. The van der Waals surface area contributed by atoms with Crippen LogP contribution >= 0.6 is 11.8 Å². The molecule has 2 aromatic rings. The van der Waals surface area contributed by atoms with Crippen molar-refractivity contribution in [1.82, 2.24) is 4.90 Å². The van der Waals surface area contributed by atoms with Gasteiger partial charge in [0.15, 0.2) is 0 Å². The number of hydrogen-bond donors (Lipinski definition) is 0. The number of amides is 1. The van der Waals surface area contributed by atoms with Crippen LogP contribution in [0, 0.1) is 10.1 Å². The SMILES string of the molecule is CCOC(=O)C1CSC(c2ccccc2OC)N1C(=O)c1ccc([N+](=O)[O-])cc1. The molecule has 0 spiro atoms. The number of nitro benzene ring substituents is 1. The molecule has 0 radical (unpaired) electrons. The Morgan fingerprint density at radius 2 is 1.90 bits per heavy atom. The van der Waals surface area contributed by atoms with Crippen LogP contribution in [0.4, 0.5) is 5.69 Å². The van der Waals surface area contributed by atoms with Crippen molar-refractivity contribution in [1.29, 1.82) is 0 Å². The van der Waals surface area contributed by atoms with Gasteiger partial charge in [0, 0.05) is 29.0 Å². The van der Waals surface area contributed by atoms with Gasteiger partial charge < -0.3 is 14.4 Å². The maximum atomic E-state index is 13.3. The van der Waals surface area contributed by atoms with Crippen LogP contribution in [-0.2, 0) is 9.53 Å². The lowest BCUT2D eigenvalue weighted by Gasteiger charge is -2.29. The second-order valence-corrected chi connectivity index (χ2v) is 7.33. The molecule has 1 saturated heterocycles. The van der Waals surface area contributed by atoms with Crippen molar-refractivity contribution in [3.05, 3.63) is 69.8 Å². The van der Waals surface area contributed by atoms with E-state index in [9.17, 15) is 19.7 Å². The second-order valence-electron chi connectivity index (χ2n) is 6.21. The fraction of sp³-hybridized carbons (Fsp3) is 0.300. The summed E-state index contributed by atoms with van der Waals surface area (Å²) in [6.45, 7) is 1.92. The van der Waals surface area contributed by atoms with Crippen LogP contribution in [0.5, 0.6) is 5.75 Å². The molecule has 0 aliphatic carbocycles. The van der Waals surface area contributed by atoms with E-state index in [2.05, 4.69) is 0 Å². The normalized spacial score (nSPS) is 18.3. The number of methoxy groups -OCH3 is 1. The first kappa shape index (κ1) is 20.7. The molecule has 2 atom stereocenters. The van der Waals surface area contributed by atoms with Gasteiger partial charge in [0.2, 0.25) is 0 Å². The van der Waals surface area contributed by atoms with Crippen LogP contribution in [0.2, 0.25) is 0 Å². The van der Waals surface area contributed by atoms with Crippen LogP contribution < -0.4 is 4.74 Å². The highest BCUT2D eigenvalue weighted by Gasteiger charge is 2.44. The topological polar surface area (TPSA) is 99.0 Å². The Kier molecular flexibility index (Phi) is 6.38. The van der Waals surface area contributed by atoms with E-state index < -0.39 is 28.2 Å². The van der Waals surface area contributed by atoms with Crippen LogP contribution in [0.25, 0.3) is 0 Å². The Labute approximate surface area is 171 Å². The maximum absolute atomic E-state index is 13.3. The van der Waals surface area contributed by atoms with E-state index in [1.165, 1.54) is 40.9 Å². The Hall–Kier alpha value is -3.07. The van der Waals surface area contributed by atoms with E-state index in [0.717, 1.165) is 5.56 Å². The van der Waals surface area contributed by atoms with E-state index in [-0.39, 0.29) is 17.9 Å². The number of para-hydroxylation sites is 1. The van der Waals surface area contributed by atoms with Crippen molar-refractivity contribution in [3.63, 3.8) is 0 Å². The van der Waals surface area contributed by atoms with Crippen LogP contribution in [0.15, 0.2) is 48.5 Å². The maximum Gasteiger partial charge on any atom is 0.329 e. The molecule has 9 heteroatoms. The standard InChI is InChI=1S/C20H20N2O6S/c1-3-28-20(24)16-12-29-19(15-6-4-5-7-17(15)27-2)21(16)18(23)13-8-10-14(11-9-13)22(25)26/h4-11,16,19H,3,12H2,1-2H3. The molecule has 2 aromatic carbocycles. The molecule has 1 fully saturated rings. The number of ether oxygens (including phenoxy) is 2. The number of nitro groups is 1. The predicted octanol–water partition coefficient (Wildman–Crippen LogP) is 3.42. The number of carbonyl (C=O) groups excluding carboxylic acids is 2. The first-order chi connectivity index (χ1) is 14.0. The molecule has 29 heavy (non-hydrogen) atoms. The van der Waals surface area contributed by atoms with Gasteiger partial charge in [-0.2, -0.15) is 0 Å². The zero-order valence-electron chi connectivity index (χ0n) is 15.9. The highest BCUT2D eigenvalue weighted by Crippen LogP contribution is 2.45. The van der Waals surface area contributed by atoms with Gasteiger partial charge in [-0.05, 0) is 25.1 Å². The first-order valence-corrected chi connectivity index (χ1v) is 10.0. The summed E-state index contributed by atoms with van der Waals surface area (Å²) < 4.78 is 10.6. The molecule has 1 aliphatic heterocycles. The summed E-state index contributed by atoms with van der Waals surface area (Å²) in [4.78, 5) is 37.7. The van der Waals surface area contributed by atoms with Gasteiger partial charge >= 0.3 is 5.97 Å². The molecule has 1 aliphatic rings. The molecule has 1 amide bonds. The van der Waals surface area contributed by atoms with Gasteiger partial charge in [-0.3, -0.25) is 14.9 Å². The van der Waals surface area contributed by atoms with Gasteiger partial charge in [0.25, 0.3) is 11.6 Å². The zero-order chi connectivity index (χ0) is 21.0. The average molecular weight is 416 g/mol. The number of nitrogens with zero attached hydrogens (tertiary/aromatic N) is 2. The lowest BCUT2D eigenvalue weighted by atomic mass is 10.1. The summed E-state index contributed by atoms with van der Waals surface area (Å²) in [5.41, 5.74) is 0.912. The van der Waals surface area contributed by atoms with Gasteiger partial charge in [0.1, 0.15) is 17.2 Å². The molecule has 0 aromatic heterocycles. The van der Waals surface area contributed by atoms with Gasteiger partial charge in [-0.25, -0.2) is 4.79 Å². The molecule has 8 nitrogen and oxygen atoms in total. The smallest absolute Gasteiger partial charge is 0.329 e. The van der Waals surface area contributed by atoms with Crippen molar-refractivity contribution in [2.75, 3.05) is 19.5 Å². The largest absolute Gasteiger partial charge is 0.496 e. The minimum atomic E-state index is -0.766. The summed E-state index contributed by atoms with van der Waals surface area (Å²) in [6, 6.07) is 11.9. The van der Waals surface area contributed by atoms with Gasteiger partial charge in [-0.1, -0.05) is 18.2 Å². The Bertz CT molecular complexity index is 917. The Balaban J connectivity index is 2.00. The Morgan fingerprint density at radius 3 is 2.52 bits per heavy atom. The zero-order valence-corrected chi connectivity index (χ0v) is 16.8. The number of non-ortho nitro benzene ring substituents is 1. The van der Waals surface area contributed by atoms with E-state index in [1.807, 2.05) is 18.2 Å². The predicted molar refractivity (Wildman–Crippen MR) is 108 cm³/mol. The fourth-order valence-electron chi connectivity index (χ4n) is 3.16. The number of carbonyl (C=O) groups is 2. The van der Waals surface area contributed by atoms with E-state index >= 15 is 0 Å². The summed E-state index contributed by atoms with van der Waals surface area (Å²) in [7, 11) is 1.55. The van der Waals surface area contributed by atoms with Gasteiger partial charge in [0.05, 0.1) is 18.6 Å². The van der Waals surface area contributed by atoms with Crippen molar-refractivity contribution in [3.8, 4) is 5.75 Å². The number of benzene rings is 2. The third kappa shape index (κ3) is 4.19. The van der Waals surface area contributed by atoms with Crippen molar-refractivity contribution >= 4 is 29.3 Å². The van der Waals surface area contributed by atoms with Crippen LogP contribution in [-0.4, -0.2) is 47.2 Å². The molecule has 1 heterocycles. The Morgan fingerprint density at radius 1 is 1.21 bits per heavy atom. The number of hydrogen-bond acceptors (Lipinski definition) is 7. The fourth-order valence-corrected chi connectivity index (χ4v) is 4.60. The molecule has 152 valence electrons. The summed E-state index contributed by atoms with van der Waals surface area (Å²) in [5, 5.41) is 10.4. The quantitative estimate of drug-likeness (QED) is 0.404. The monoisotopic (exact) mass is 416 g/mol. The third-order valence-corrected chi connectivity index (χ3v) is 5.83. The molecule has 0 saturated carbocycles. The number of thioether (sulfide) groups is 1. The first-order valence-electron chi connectivity index (χ1n) is 8.96. The summed E-state index contributed by atoms with van der Waals surface area (Å²) in [6.07, 6.45) is 0. The molecule has 2 unspecified atom stereocenters. The molecule has 0 N–H and O–H groups in total. The van der Waals surface area contributed by atoms with Crippen molar-refractivity contribution < 1.29 is 24.0 Å². The summed E-state index contributed by atoms with van der Waals surface area (Å²) in [5.74, 6) is 0.0998. The average Bonchev–Trinajstić information content (AvgIpc) is 3.18. The number of rotatable bonds is 6. The van der Waals surface area contributed by atoms with E-state index in [4.69, 9.17) is 9.47 Å². The lowest BCUT2D eigenvalue weighted by molar-refractivity contribution is -0.384. The van der Waals surface area contributed by atoms with Crippen LogP contribution in [0.3, 0.4) is 0 Å². The lowest BCUT2D eigenvalue weighted by Crippen LogP contribution is -2.43. The third-order valence-electron chi connectivity index (χ3n) is 4.52. The second kappa shape index (κ2) is 8.95. The van der Waals surface area contributed by atoms with E-state index in [0.29, 0.717) is 11.5 Å². The molecule has 0 bridgehead atoms. The molecule has 3 rings (SSSR count). The number of esters is 1. The minimum absolute atomic E-state index is 0.111. The molecular formula is C20H20N2O6S. The van der Waals surface area contributed by atoms with Crippen molar-refractivity contribution in [2.24, 2.45) is 0 Å². The van der Waals surface area contributed by atoms with E-state index in [1.54, 1.807) is 20.1 Å². The minimum Gasteiger partial charge on any atom is -0.496 e. The van der Waals surface area contributed by atoms with Crippen molar-refractivity contribution in [2.45, 2.75) is 18.3 Å². The highest BCUT2D eigenvalue weighted by atomic mass is 32.2. The summed E-state index contributed by atoms with van der Waals surface area (Å²) >= 11 is 1.44. The highest BCUT2D eigenvalue weighted by molar-refractivity contribution is 7.99. The van der Waals surface area contributed by atoms with Crippen LogP contribution in [0.1, 0.15) is 28.2 Å². The van der Waals surface area contributed by atoms with Gasteiger partial charge in [-0.15, -0.1) is 11.8 Å².